The third-order valence-electron chi connectivity index (χ3n) is 6.17. The molecule has 2 aromatic carbocycles. The van der Waals surface area contributed by atoms with E-state index in [1.54, 1.807) is 30.3 Å². The van der Waals surface area contributed by atoms with Crippen LogP contribution in [0.25, 0.3) is 6.08 Å². The fraction of sp³-hybridized carbons (Fsp3) is 0.375. The Balaban J connectivity index is 1.65. The number of sulfonamides is 1. The summed E-state index contributed by atoms with van der Waals surface area (Å²) in [6, 6.07) is 9.98. The van der Waals surface area contributed by atoms with Crippen LogP contribution in [0.15, 0.2) is 47.4 Å². The maximum absolute atomic E-state index is 13.3. The lowest BCUT2D eigenvalue weighted by atomic mass is 10.0. The number of rotatable bonds is 9. The molecule has 2 aromatic rings. The minimum absolute atomic E-state index is 0.0114. The number of carbonyl (C=O) groups is 1. The number of nitrogens with zero attached hydrogens (tertiary/aromatic N) is 1. The Morgan fingerprint density at radius 2 is 1.97 bits per heavy atom. The summed E-state index contributed by atoms with van der Waals surface area (Å²) in [6.07, 6.45) is 4.70. The van der Waals surface area contributed by atoms with E-state index < -0.39 is 16.0 Å². The lowest BCUT2D eigenvalue weighted by molar-refractivity contribution is 0.0692. The second kappa shape index (κ2) is 8.96. The van der Waals surface area contributed by atoms with E-state index in [1.165, 1.54) is 12.1 Å². The first kappa shape index (κ1) is 22.4. The van der Waals surface area contributed by atoms with Crippen LogP contribution in [-0.4, -0.2) is 50.6 Å². The van der Waals surface area contributed by atoms with E-state index in [0.717, 1.165) is 25.1 Å². The molecule has 2 N–H and O–H groups in total. The third-order valence-corrected chi connectivity index (χ3v) is 7.61. The van der Waals surface area contributed by atoms with E-state index >= 15 is 0 Å². The molecule has 1 saturated carbocycles. The maximum atomic E-state index is 13.3. The molecule has 1 fully saturated rings. The van der Waals surface area contributed by atoms with Crippen LogP contribution in [-0.2, 0) is 10.0 Å². The van der Waals surface area contributed by atoms with E-state index in [-0.39, 0.29) is 21.9 Å². The summed E-state index contributed by atoms with van der Waals surface area (Å²) in [5.74, 6) is -0.198. The number of aromatic carboxylic acids is 1. The lowest BCUT2D eigenvalue weighted by Crippen LogP contribution is -2.22. The number of anilines is 1. The van der Waals surface area contributed by atoms with Crippen molar-refractivity contribution >= 4 is 27.8 Å². The van der Waals surface area contributed by atoms with Gasteiger partial charge in [0.2, 0.25) is 0 Å². The quantitative estimate of drug-likeness (QED) is 0.591. The highest BCUT2D eigenvalue weighted by atomic mass is 32.2. The van der Waals surface area contributed by atoms with Gasteiger partial charge in [0, 0.05) is 12.5 Å². The molecule has 170 valence electrons. The van der Waals surface area contributed by atoms with Gasteiger partial charge in [0.1, 0.15) is 11.3 Å². The van der Waals surface area contributed by atoms with E-state index in [0.29, 0.717) is 30.6 Å². The topological polar surface area (TPSA) is 95.9 Å². The molecule has 0 bridgehead atoms. The molecule has 0 saturated heterocycles. The fourth-order valence-electron chi connectivity index (χ4n) is 4.22. The summed E-state index contributed by atoms with van der Waals surface area (Å²) in [5.41, 5.74) is 1.27. The van der Waals surface area contributed by atoms with Crippen LogP contribution < -0.4 is 9.46 Å². The Kier molecular flexibility index (Phi) is 6.26. The van der Waals surface area contributed by atoms with Crippen LogP contribution >= 0.6 is 0 Å². The van der Waals surface area contributed by atoms with Crippen molar-refractivity contribution in [2.75, 3.05) is 31.0 Å². The second-order valence-corrected chi connectivity index (χ2v) is 9.81. The molecule has 8 heteroatoms. The van der Waals surface area contributed by atoms with Crippen molar-refractivity contribution in [3.8, 4) is 5.75 Å². The fourth-order valence-corrected chi connectivity index (χ4v) is 5.49. The van der Waals surface area contributed by atoms with Crippen molar-refractivity contribution in [1.82, 2.24) is 4.90 Å². The zero-order valence-corrected chi connectivity index (χ0v) is 19.1. The van der Waals surface area contributed by atoms with Gasteiger partial charge in [-0.15, -0.1) is 0 Å². The van der Waals surface area contributed by atoms with E-state index in [9.17, 15) is 18.3 Å². The van der Waals surface area contributed by atoms with Gasteiger partial charge in [-0.2, -0.15) is 0 Å². The van der Waals surface area contributed by atoms with Gasteiger partial charge in [0.25, 0.3) is 10.0 Å². The first-order valence-electron chi connectivity index (χ1n) is 10.9. The predicted octanol–water partition coefficient (Wildman–Crippen LogP) is 4.04. The number of carboxylic acid groups (broad SMARTS) is 1. The Morgan fingerprint density at radius 3 is 2.69 bits per heavy atom. The molecule has 32 heavy (non-hydrogen) atoms. The first-order valence-corrected chi connectivity index (χ1v) is 12.4. The highest BCUT2D eigenvalue weighted by Gasteiger charge is 2.45. The number of ether oxygens (including phenoxy) is 1. The molecular formula is C24H28N2O5S. The van der Waals surface area contributed by atoms with Crippen LogP contribution in [0.1, 0.15) is 47.7 Å². The van der Waals surface area contributed by atoms with Gasteiger partial charge >= 0.3 is 5.97 Å². The van der Waals surface area contributed by atoms with Gasteiger partial charge in [-0.1, -0.05) is 50.3 Å². The predicted molar refractivity (Wildman–Crippen MR) is 124 cm³/mol. The summed E-state index contributed by atoms with van der Waals surface area (Å²) in [5, 5.41) is 9.83. The zero-order chi connectivity index (χ0) is 22.9. The van der Waals surface area contributed by atoms with E-state index in [1.807, 2.05) is 6.08 Å². The highest BCUT2D eigenvalue weighted by Crippen LogP contribution is 2.55. The molecular weight excluding hydrogens is 428 g/mol. The summed E-state index contributed by atoms with van der Waals surface area (Å²) >= 11 is 0. The molecule has 2 unspecified atom stereocenters. The molecule has 4 rings (SSSR count). The molecule has 1 aliphatic heterocycles. The van der Waals surface area contributed by atoms with E-state index in [4.69, 9.17) is 4.74 Å². The van der Waals surface area contributed by atoms with Gasteiger partial charge in [-0.05, 0) is 48.7 Å². The van der Waals surface area contributed by atoms with Crippen LogP contribution in [0.2, 0.25) is 0 Å². The minimum Gasteiger partial charge on any atom is -0.492 e. The number of nitrogens with one attached hydrogen (secondary N) is 1. The molecule has 7 nitrogen and oxygen atoms in total. The molecule has 0 amide bonds. The van der Waals surface area contributed by atoms with Gasteiger partial charge < -0.3 is 14.7 Å². The van der Waals surface area contributed by atoms with Crippen molar-refractivity contribution in [2.24, 2.45) is 5.92 Å². The van der Waals surface area contributed by atoms with Crippen molar-refractivity contribution in [2.45, 2.75) is 31.1 Å². The standard InChI is InChI=1S/C24H28N2O5S/c1-3-26(4-2)13-7-9-16-8-5-6-10-21(16)32(29,30)25-20-12-11-18-19-14-17(19)15-31-23(18)22(20)24(27)28/h5-12,17,19,25H,3-4,13-15H2,1-2H3,(H,27,28)/b9-7-. The van der Waals surface area contributed by atoms with Crippen LogP contribution in [0.4, 0.5) is 5.69 Å². The summed E-state index contributed by atoms with van der Waals surface area (Å²) in [4.78, 5) is 14.3. The monoisotopic (exact) mass is 456 g/mol. The van der Waals surface area contributed by atoms with Crippen LogP contribution in [0.5, 0.6) is 5.75 Å². The minimum atomic E-state index is -4.03. The Bertz CT molecular complexity index is 1150. The van der Waals surface area contributed by atoms with Crippen molar-refractivity contribution < 1.29 is 23.1 Å². The first-order chi connectivity index (χ1) is 15.4. The molecule has 0 radical (unpaired) electrons. The molecule has 2 aliphatic rings. The zero-order valence-electron chi connectivity index (χ0n) is 18.2. The SMILES string of the molecule is CCN(CC)C/C=C\c1ccccc1S(=O)(=O)Nc1ccc2c(c1C(=O)O)OCC1CC21. The molecule has 1 aliphatic carbocycles. The number of hydrogen-bond donors (Lipinski definition) is 2. The Morgan fingerprint density at radius 1 is 1.22 bits per heavy atom. The Hall–Kier alpha value is -2.84. The van der Waals surface area contributed by atoms with Gasteiger partial charge in [-0.25, -0.2) is 13.2 Å². The smallest absolute Gasteiger partial charge is 0.341 e. The largest absolute Gasteiger partial charge is 0.492 e. The van der Waals surface area contributed by atoms with E-state index in [2.05, 4.69) is 23.5 Å². The average molecular weight is 457 g/mol. The van der Waals surface area contributed by atoms with Crippen LogP contribution in [0, 0.1) is 5.92 Å². The third kappa shape index (κ3) is 4.38. The second-order valence-electron chi connectivity index (χ2n) is 8.16. The summed E-state index contributed by atoms with van der Waals surface area (Å²) in [6.45, 7) is 7.14. The molecule has 0 aromatic heterocycles. The summed E-state index contributed by atoms with van der Waals surface area (Å²) < 4.78 is 34.7. The number of fused-ring (bicyclic) bond motifs is 3. The van der Waals surface area contributed by atoms with Gasteiger partial charge in [0.05, 0.1) is 17.2 Å². The van der Waals surface area contributed by atoms with Gasteiger partial charge in [-0.3, -0.25) is 4.72 Å². The number of carboxylic acids is 1. The van der Waals surface area contributed by atoms with Crippen molar-refractivity contribution in [1.29, 1.82) is 0 Å². The molecule has 1 heterocycles. The van der Waals surface area contributed by atoms with Crippen molar-refractivity contribution in [3.63, 3.8) is 0 Å². The summed E-state index contributed by atoms with van der Waals surface area (Å²) in [7, 11) is -4.03. The normalized spacial score (nSPS) is 19.3. The van der Waals surface area contributed by atoms with Crippen LogP contribution in [0.3, 0.4) is 0 Å². The lowest BCUT2D eigenvalue weighted by Gasteiger charge is -2.21. The number of hydrogen-bond acceptors (Lipinski definition) is 5. The van der Waals surface area contributed by atoms with Crippen molar-refractivity contribution in [3.05, 3.63) is 59.2 Å². The number of benzene rings is 2. The average Bonchev–Trinajstić information content (AvgIpc) is 3.56. The Labute approximate surface area is 188 Å². The maximum Gasteiger partial charge on any atom is 0.341 e. The highest BCUT2D eigenvalue weighted by molar-refractivity contribution is 7.92. The molecule has 2 atom stereocenters. The number of likely N-dealkylation sites (N-methyl/N-ethyl adjacent to an activating group) is 1. The van der Waals surface area contributed by atoms with Gasteiger partial charge in [0.15, 0.2) is 0 Å². The molecule has 0 spiro atoms.